The molecule has 1 aliphatic rings. The maximum absolute atomic E-state index is 12.4. The second-order valence-electron chi connectivity index (χ2n) is 6.76. The maximum Gasteiger partial charge on any atom is 0.363 e. The fourth-order valence-electron chi connectivity index (χ4n) is 3.00. The number of aliphatic imine (C=N–C) groups is 1. The van der Waals surface area contributed by atoms with Crippen LogP contribution in [-0.2, 0) is 9.53 Å². The molecular formula is C25H20ClNO5. The first-order valence-corrected chi connectivity index (χ1v) is 10.3. The molecule has 0 unspecified atom stereocenters. The van der Waals surface area contributed by atoms with E-state index in [9.17, 15) is 4.79 Å². The zero-order valence-corrected chi connectivity index (χ0v) is 18.0. The Morgan fingerprint density at radius 3 is 2.41 bits per heavy atom. The maximum atomic E-state index is 12.4. The topological polar surface area (TPSA) is 66.3 Å². The zero-order valence-electron chi connectivity index (χ0n) is 17.3. The molecular weight excluding hydrogens is 430 g/mol. The van der Waals surface area contributed by atoms with Gasteiger partial charge in [-0.1, -0.05) is 29.8 Å². The average molecular weight is 450 g/mol. The number of carbonyl (C=O) groups is 1. The predicted molar refractivity (Wildman–Crippen MR) is 122 cm³/mol. The first-order chi connectivity index (χ1) is 15.6. The number of carbonyl (C=O) groups excluding carboxylic acids is 1. The van der Waals surface area contributed by atoms with Crippen LogP contribution in [0, 0.1) is 0 Å². The third-order valence-corrected chi connectivity index (χ3v) is 4.83. The summed E-state index contributed by atoms with van der Waals surface area (Å²) in [4.78, 5) is 16.7. The molecule has 3 aromatic rings. The second-order valence-corrected chi connectivity index (χ2v) is 7.19. The summed E-state index contributed by atoms with van der Waals surface area (Å²) in [6, 6.07) is 21.7. The summed E-state index contributed by atoms with van der Waals surface area (Å²) in [5.41, 5.74) is 1.55. The minimum Gasteiger partial charge on any atom is -0.497 e. The molecule has 0 atom stereocenters. The van der Waals surface area contributed by atoms with Crippen molar-refractivity contribution in [3.63, 3.8) is 0 Å². The molecule has 0 N–H and O–H groups in total. The van der Waals surface area contributed by atoms with Gasteiger partial charge in [-0.05, 0) is 60.7 Å². The normalized spacial score (nSPS) is 14.1. The van der Waals surface area contributed by atoms with Crippen molar-refractivity contribution in [3.05, 3.63) is 94.6 Å². The highest BCUT2D eigenvalue weighted by atomic mass is 35.5. The van der Waals surface area contributed by atoms with E-state index >= 15 is 0 Å². The first kappa shape index (κ1) is 21.5. The molecule has 1 heterocycles. The summed E-state index contributed by atoms with van der Waals surface area (Å²) in [6.07, 6.45) is 1.62. The molecule has 0 spiro atoms. The molecule has 6 nitrogen and oxygen atoms in total. The SMILES string of the molecule is COc1ccc(OCCOc2ccc(Cl)cc2)c(/C=C2/N=C(c3ccccc3)OC2=O)c1. The number of cyclic esters (lactones) is 1. The molecule has 3 aromatic carbocycles. The van der Waals surface area contributed by atoms with Crippen LogP contribution in [0.25, 0.3) is 6.08 Å². The van der Waals surface area contributed by atoms with Crippen LogP contribution < -0.4 is 14.2 Å². The fraction of sp³-hybridized carbons (Fsp3) is 0.120. The Kier molecular flexibility index (Phi) is 6.72. The molecule has 0 radical (unpaired) electrons. The lowest BCUT2D eigenvalue weighted by molar-refractivity contribution is -0.129. The Labute approximate surface area is 190 Å². The molecule has 0 aromatic heterocycles. The van der Waals surface area contributed by atoms with Crippen molar-refractivity contribution >= 4 is 29.5 Å². The van der Waals surface area contributed by atoms with Gasteiger partial charge in [-0.25, -0.2) is 9.79 Å². The number of methoxy groups -OCH3 is 1. The first-order valence-electron chi connectivity index (χ1n) is 9.89. The van der Waals surface area contributed by atoms with E-state index in [1.807, 2.05) is 30.3 Å². The Hall–Kier alpha value is -3.77. The van der Waals surface area contributed by atoms with E-state index in [4.69, 9.17) is 30.5 Å². The van der Waals surface area contributed by atoms with Crippen LogP contribution in [0.15, 0.2) is 83.5 Å². The quantitative estimate of drug-likeness (QED) is 0.270. The van der Waals surface area contributed by atoms with Crippen LogP contribution >= 0.6 is 11.6 Å². The lowest BCUT2D eigenvalue weighted by Crippen LogP contribution is -2.09. The average Bonchev–Trinajstić information content (AvgIpc) is 3.19. The number of rotatable bonds is 8. The summed E-state index contributed by atoms with van der Waals surface area (Å²) in [5, 5.41) is 0.646. The van der Waals surface area contributed by atoms with Gasteiger partial charge in [-0.3, -0.25) is 0 Å². The summed E-state index contributed by atoms with van der Waals surface area (Å²) >= 11 is 5.88. The summed E-state index contributed by atoms with van der Waals surface area (Å²) in [7, 11) is 1.57. The van der Waals surface area contributed by atoms with Crippen LogP contribution in [-0.4, -0.2) is 32.2 Å². The van der Waals surface area contributed by atoms with Crippen molar-refractivity contribution in [2.24, 2.45) is 4.99 Å². The van der Waals surface area contributed by atoms with Gasteiger partial charge in [0, 0.05) is 16.1 Å². The van der Waals surface area contributed by atoms with E-state index in [1.54, 1.807) is 55.7 Å². The highest BCUT2D eigenvalue weighted by Gasteiger charge is 2.24. The summed E-state index contributed by atoms with van der Waals surface area (Å²) in [6.45, 7) is 0.635. The van der Waals surface area contributed by atoms with Crippen molar-refractivity contribution in [1.82, 2.24) is 0 Å². The number of ether oxygens (including phenoxy) is 4. The van der Waals surface area contributed by atoms with E-state index in [-0.39, 0.29) is 11.6 Å². The number of hydrogen-bond donors (Lipinski definition) is 0. The second kappa shape index (κ2) is 10.0. The van der Waals surface area contributed by atoms with Gasteiger partial charge in [-0.2, -0.15) is 0 Å². The van der Waals surface area contributed by atoms with Gasteiger partial charge in [0.25, 0.3) is 0 Å². The largest absolute Gasteiger partial charge is 0.497 e. The van der Waals surface area contributed by atoms with Crippen molar-refractivity contribution in [3.8, 4) is 17.2 Å². The van der Waals surface area contributed by atoms with Crippen LogP contribution in [0.4, 0.5) is 0 Å². The number of hydrogen-bond acceptors (Lipinski definition) is 6. The lowest BCUT2D eigenvalue weighted by Gasteiger charge is -2.12. The molecule has 162 valence electrons. The van der Waals surface area contributed by atoms with Gasteiger partial charge in [0.1, 0.15) is 30.5 Å². The van der Waals surface area contributed by atoms with Gasteiger partial charge in [0.2, 0.25) is 5.90 Å². The molecule has 0 saturated carbocycles. The van der Waals surface area contributed by atoms with Gasteiger partial charge in [0.15, 0.2) is 5.70 Å². The molecule has 32 heavy (non-hydrogen) atoms. The van der Waals surface area contributed by atoms with Crippen molar-refractivity contribution in [2.45, 2.75) is 0 Å². The van der Waals surface area contributed by atoms with Gasteiger partial charge < -0.3 is 18.9 Å². The predicted octanol–water partition coefficient (Wildman–Crippen LogP) is 5.15. The van der Waals surface area contributed by atoms with E-state index in [0.29, 0.717) is 41.0 Å². The molecule has 0 amide bonds. The van der Waals surface area contributed by atoms with E-state index in [0.717, 1.165) is 5.56 Å². The molecule has 0 bridgehead atoms. The van der Waals surface area contributed by atoms with E-state index in [2.05, 4.69) is 4.99 Å². The molecule has 0 saturated heterocycles. The Morgan fingerprint density at radius 2 is 1.66 bits per heavy atom. The van der Waals surface area contributed by atoms with Crippen molar-refractivity contribution < 1.29 is 23.7 Å². The van der Waals surface area contributed by atoms with Gasteiger partial charge in [-0.15, -0.1) is 0 Å². The Morgan fingerprint density at radius 1 is 0.938 bits per heavy atom. The standard InChI is InChI=1S/C25H20ClNO5/c1-29-21-11-12-23(31-14-13-30-20-9-7-19(26)8-10-20)18(15-21)16-22-25(28)32-24(27-22)17-5-3-2-4-6-17/h2-12,15-16H,13-14H2,1H3/b22-16+. The highest BCUT2D eigenvalue weighted by molar-refractivity contribution is 6.30. The van der Waals surface area contributed by atoms with E-state index < -0.39 is 5.97 Å². The minimum absolute atomic E-state index is 0.180. The minimum atomic E-state index is -0.524. The van der Waals surface area contributed by atoms with Crippen LogP contribution in [0.3, 0.4) is 0 Å². The van der Waals surface area contributed by atoms with Crippen molar-refractivity contribution in [2.75, 3.05) is 20.3 Å². The third kappa shape index (κ3) is 5.28. The number of benzene rings is 3. The summed E-state index contributed by atoms with van der Waals surface area (Å²) < 4.78 is 22.2. The third-order valence-electron chi connectivity index (χ3n) is 4.57. The molecule has 0 aliphatic carbocycles. The Bertz CT molecular complexity index is 1160. The molecule has 0 fully saturated rings. The van der Waals surface area contributed by atoms with Crippen LogP contribution in [0.2, 0.25) is 5.02 Å². The van der Waals surface area contributed by atoms with Crippen LogP contribution in [0.1, 0.15) is 11.1 Å². The molecule has 7 heteroatoms. The van der Waals surface area contributed by atoms with Crippen LogP contribution in [0.5, 0.6) is 17.2 Å². The zero-order chi connectivity index (χ0) is 22.3. The molecule has 1 aliphatic heterocycles. The van der Waals surface area contributed by atoms with Crippen molar-refractivity contribution in [1.29, 1.82) is 0 Å². The number of esters is 1. The highest BCUT2D eigenvalue weighted by Crippen LogP contribution is 2.28. The monoisotopic (exact) mass is 449 g/mol. The van der Waals surface area contributed by atoms with Gasteiger partial charge in [0.05, 0.1) is 7.11 Å². The number of nitrogens with zero attached hydrogens (tertiary/aromatic N) is 1. The molecule has 4 rings (SSSR count). The lowest BCUT2D eigenvalue weighted by atomic mass is 10.1. The summed E-state index contributed by atoms with van der Waals surface area (Å²) in [5.74, 6) is 1.63. The Balaban J connectivity index is 1.49. The van der Waals surface area contributed by atoms with Gasteiger partial charge >= 0.3 is 5.97 Å². The van der Waals surface area contributed by atoms with E-state index in [1.165, 1.54) is 0 Å². The fourth-order valence-corrected chi connectivity index (χ4v) is 3.13. The smallest absolute Gasteiger partial charge is 0.363 e. The number of halogens is 1.